The number of carboxylic acids is 1. The monoisotopic (exact) mass is 369 g/mol. The van der Waals surface area contributed by atoms with Crippen LogP contribution in [-0.2, 0) is 0 Å². The first-order valence-corrected chi connectivity index (χ1v) is 9.33. The van der Waals surface area contributed by atoms with Gasteiger partial charge in [-0.2, -0.15) is 0 Å². The number of thioether (sulfide) groups is 1. The number of carbonyl (C=O) groups is 1. The molecule has 0 spiro atoms. The highest BCUT2D eigenvalue weighted by atomic mass is 32.2. The van der Waals surface area contributed by atoms with E-state index in [0.717, 1.165) is 10.5 Å². The summed E-state index contributed by atoms with van der Waals surface area (Å²) in [5, 5.41) is 10.2. The number of hydrogen-bond acceptors (Lipinski definition) is 5. The highest BCUT2D eigenvalue weighted by Gasteiger charge is 2.16. The Hall–Kier alpha value is -2.73. The lowest BCUT2D eigenvalue weighted by Gasteiger charge is -2.13. The van der Waals surface area contributed by atoms with Gasteiger partial charge in [0.15, 0.2) is 11.5 Å². The molecular formula is C20H19NO4S. The maximum atomic E-state index is 11.8. The van der Waals surface area contributed by atoms with Gasteiger partial charge in [-0.15, -0.1) is 11.8 Å². The van der Waals surface area contributed by atoms with Gasteiger partial charge in [-0.3, -0.25) is 0 Å². The highest BCUT2D eigenvalue weighted by molar-refractivity contribution is 7.98. The molecule has 6 heteroatoms. The van der Waals surface area contributed by atoms with Crippen molar-refractivity contribution in [2.24, 2.45) is 0 Å². The van der Waals surface area contributed by atoms with Gasteiger partial charge in [0, 0.05) is 21.9 Å². The molecule has 1 N–H and O–H groups in total. The minimum atomic E-state index is -1.01. The zero-order valence-corrected chi connectivity index (χ0v) is 15.6. The average Bonchev–Trinajstić information content (AvgIpc) is 2.66. The number of methoxy groups -OCH3 is 1. The van der Waals surface area contributed by atoms with Crippen LogP contribution < -0.4 is 9.47 Å². The maximum Gasteiger partial charge on any atom is 0.336 e. The lowest BCUT2D eigenvalue weighted by molar-refractivity contribution is 0.0699. The molecule has 0 bridgehead atoms. The molecule has 0 atom stereocenters. The number of benzene rings is 2. The van der Waals surface area contributed by atoms with E-state index in [1.807, 2.05) is 37.4 Å². The lowest BCUT2D eigenvalue weighted by atomic mass is 10.0. The number of rotatable bonds is 6. The van der Waals surface area contributed by atoms with Crippen molar-refractivity contribution in [3.05, 3.63) is 48.0 Å². The van der Waals surface area contributed by atoms with Gasteiger partial charge < -0.3 is 14.6 Å². The molecule has 0 unspecified atom stereocenters. The molecule has 1 aromatic heterocycles. The van der Waals surface area contributed by atoms with Gasteiger partial charge in [-0.05, 0) is 37.4 Å². The summed E-state index contributed by atoms with van der Waals surface area (Å²) in [7, 11) is 1.55. The van der Waals surface area contributed by atoms with Crippen LogP contribution in [0.1, 0.15) is 17.3 Å². The van der Waals surface area contributed by atoms with Crippen molar-refractivity contribution in [3.63, 3.8) is 0 Å². The SMILES string of the molecule is CCOc1cc2c(C(=O)O)cc(-c3ccc(SC)cc3)nc2cc1OC. The van der Waals surface area contributed by atoms with Gasteiger partial charge in [0.25, 0.3) is 0 Å². The van der Waals surface area contributed by atoms with Crippen LogP contribution in [0.4, 0.5) is 0 Å². The molecule has 1 heterocycles. The first kappa shape index (κ1) is 18.1. The number of aromatic carboxylic acids is 1. The molecule has 0 aliphatic heterocycles. The number of carboxylic acid groups (broad SMARTS) is 1. The molecule has 26 heavy (non-hydrogen) atoms. The molecule has 0 radical (unpaired) electrons. The van der Waals surface area contributed by atoms with E-state index >= 15 is 0 Å². The second kappa shape index (κ2) is 7.66. The van der Waals surface area contributed by atoms with Gasteiger partial charge >= 0.3 is 5.97 Å². The van der Waals surface area contributed by atoms with E-state index in [-0.39, 0.29) is 5.56 Å². The standard InChI is InChI=1S/C20H19NO4S/c1-4-25-19-10-14-15(20(22)23)9-16(21-17(14)11-18(19)24-2)12-5-7-13(26-3)8-6-12/h5-11H,4H2,1-3H3,(H,22,23). The summed E-state index contributed by atoms with van der Waals surface area (Å²) in [6, 6.07) is 12.9. The summed E-state index contributed by atoms with van der Waals surface area (Å²) >= 11 is 1.65. The van der Waals surface area contributed by atoms with Gasteiger partial charge in [0.2, 0.25) is 0 Å². The molecule has 0 fully saturated rings. The second-order valence-electron chi connectivity index (χ2n) is 5.54. The zero-order valence-electron chi connectivity index (χ0n) is 14.8. The minimum Gasteiger partial charge on any atom is -0.493 e. The van der Waals surface area contributed by atoms with Crippen molar-refractivity contribution in [3.8, 4) is 22.8 Å². The topological polar surface area (TPSA) is 68.7 Å². The Bertz CT molecular complexity index is 954. The fourth-order valence-electron chi connectivity index (χ4n) is 2.75. The normalized spacial score (nSPS) is 10.7. The van der Waals surface area contributed by atoms with Gasteiger partial charge in [0.05, 0.1) is 30.5 Å². The molecule has 134 valence electrons. The minimum absolute atomic E-state index is 0.183. The van der Waals surface area contributed by atoms with Gasteiger partial charge in [-0.25, -0.2) is 9.78 Å². The van der Waals surface area contributed by atoms with Crippen LogP contribution in [0, 0.1) is 0 Å². The summed E-state index contributed by atoms with van der Waals surface area (Å²) in [6.07, 6.45) is 2.01. The van der Waals surface area contributed by atoms with Crippen LogP contribution in [0.5, 0.6) is 11.5 Å². The van der Waals surface area contributed by atoms with Crippen LogP contribution in [0.15, 0.2) is 47.4 Å². The lowest BCUT2D eigenvalue weighted by Crippen LogP contribution is -2.02. The van der Waals surface area contributed by atoms with E-state index < -0.39 is 5.97 Å². The Morgan fingerprint density at radius 3 is 2.46 bits per heavy atom. The number of pyridine rings is 1. The predicted octanol–water partition coefficient (Wildman–Crippen LogP) is 4.73. The van der Waals surface area contributed by atoms with E-state index in [4.69, 9.17) is 9.47 Å². The number of nitrogens with zero attached hydrogens (tertiary/aromatic N) is 1. The van der Waals surface area contributed by atoms with Crippen LogP contribution in [0.25, 0.3) is 22.2 Å². The highest BCUT2D eigenvalue weighted by Crippen LogP contribution is 2.35. The van der Waals surface area contributed by atoms with Crippen molar-refractivity contribution < 1.29 is 19.4 Å². The summed E-state index contributed by atoms with van der Waals surface area (Å²) in [4.78, 5) is 17.6. The van der Waals surface area contributed by atoms with E-state index in [0.29, 0.717) is 34.7 Å². The van der Waals surface area contributed by atoms with E-state index in [1.165, 1.54) is 0 Å². The molecule has 3 rings (SSSR count). The molecular weight excluding hydrogens is 350 g/mol. The van der Waals surface area contributed by atoms with E-state index in [9.17, 15) is 9.90 Å². The quantitative estimate of drug-likeness (QED) is 0.634. The third-order valence-electron chi connectivity index (χ3n) is 4.01. The van der Waals surface area contributed by atoms with Crippen molar-refractivity contribution in [2.75, 3.05) is 20.0 Å². The Labute approximate surface area is 156 Å². The number of ether oxygens (including phenoxy) is 2. The Balaban J connectivity index is 2.22. The summed E-state index contributed by atoms with van der Waals surface area (Å²) < 4.78 is 10.9. The van der Waals surface area contributed by atoms with E-state index in [1.54, 1.807) is 37.1 Å². The largest absolute Gasteiger partial charge is 0.493 e. The third-order valence-corrected chi connectivity index (χ3v) is 4.75. The first-order valence-electron chi connectivity index (χ1n) is 8.10. The molecule has 0 amide bonds. The molecule has 0 aliphatic carbocycles. The van der Waals surface area contributed by atoms with Crippen LogP contribution in [0.3, 0.4) is 0 Å². The average molecular weight is 369 g/mol. The number of hydrogen-bond donors (Lipinski definition) is 1. The molecule has 3 aromatic rings. The third kappa shape index (κ3) is 3.46. The molecule has 5 nitrogen and oxygen atoms in total. The van der Waals surface area contributed by atoms with Crippen molar-refractivity contribution in [1.82, 2.24) is 4.98 Å². The zero-order chi connectivity index (χ0) is 18.7. The number of aromatic nitrogens is 1. The van der Waals surface area contributed by atoms with Crippen molar-refractivity contribution in [2.45, 2.75) is 11.8 Å². The molecule has 0 saturated carbocycles. The molecule has 0 aliphatic rings. The van der Waals surface area contributed by atoms with Crippen LogP contribution in [-0.4, -0.2) is 36.0 Å². The number of fused-ring (bicyclic) bond motifs is 1. The second-order valence-corrected chi connectivity index (χ2v) is 6.42. The van der Waals surface area contributed by atoms with Gasteiger partial charge in [0.1, 0.15) is 0 Å². The first-order chi connectivity index (χ1) is 12.6. The summed E-state index contributed by atoms with van der Waals surface area (Å²) in [5.74, 6) is 0.0222. The Morgan fingerprint density at radius 1 is 1.15 bits per heavy atom. The Kier molecular flexibility index (Phi) is 5.32. The van der Waals surface area contributed by atoms with Crippen LogP contribution >= 0.6 is 11.8 Å². The Morgan fingerprint density at radius 2 is 1.88 bits per heavy atom. The smallest absolute Gasteiger partial charge is 0.336 e. The van der Waals surface area contributed by atoms with Crippen molar-refractivity contribution in [1.29, 1.82) is 0 Å². The fourth-order valence-corrected chi connectivity index (χ4v) is 3.16. The fraction of sp³-hybridized carbons (Fsp3) is 0.200. The molecule has 2 aromatic carbocycles. The van der Waals surface area contributed by atoms with Gasteiger partial charge in [-0.1, -0.05) is 12.1 Å². The van der Waals surface area contributed by atoms with Crippen molar-refractivity contribution >= 4 is 28.6 Å². The molecule has 0 saturated heterocycles. The maximum absolute atomic E-state index is 11.8. The van der Waals surface area contributed by atoms with Crippen LogP contribution in [0.2, 0.25) is 0 Å². The van der Waals surface area contributed by atoms with E-state index in [2.05, 4.69) is 4.98 Å². The summed E-state index contributed by atoms with van der Waals surface area (Å²) in [5.41, 5.74) is 2.20. The predicted molar refractivity (Wildman–Crippen MR) is 104 cm³/mol. The summed E-state index contributed by atoms with van der Waals surface area (Å²) in [6.45, 7) is 2.32.